The average Bonchev–Trinajstić information content (AvgIpc) is 3.34. The molecule has 1 aliphatic rings. The fraction of sp³-hybridized carbons (Fsp3) is 0.0952. The van der Waals surface area contributed by atoms with Crippen LogP contribution in [-0.2, 0) is 16.0 Å². The number of hydrogen-bond donors (Lipinski definition) is 2. The normalized spacial score (nSPS) is 13.7. The number of hydrogen-bond acceptors (Lipinski definition) is 6. The summed E-state index contributed by atoms with van der Waals surface area (Å²) in [6, 6.07) is 9.35. The third-order valence-corrected chi connectivity index (χ3v) is 5.20. The topological polar surface area (TPSA) is 82.5 Å². The molecule has 0 unspecified atom stereocenters. The van der Waals surface area contributed by atoms with Gasteiger partial charge in [0, 0.05) is 41.4 Å². The molecule has 0 fully saturated rings. The molecule has 0 saturated heterocycles. The first-order valence-corrected chi connectivity index (χ1v) is 9.86. The van der Waals surface area contributed by atoms with Crippen LogP contribution in [0.15, 0.2) is 59.1 Å². The fourth-order valence-electron chi connectivity index (χ4n) is 3.04. The molecule has 2 aromatic carbocycles. The highest BCUT2D eigenvalue weighted by Crippen LogP contribution is 2.26. The van der Waals surface area contributed by atoms with E-state index in [1.807, 2.05) is 29.6 Å². The van der Waals surface area contributed by atoms with Crippen LogP contribution in [0.3, 0.4) is 0 Å². The first kappa shape index (κ1) is 19.7. The van der Waals surface area contributed by atoms with Crippen molar-refractivity contribution in [2.75, 3.05) is 11.9 Å². The summed E-state index contributed by atoms with van der Waals surface area (Å²) in [5, 5.41) is 13.6. The molecule has 0 radical (unpaired) electrons. The number of benzene rings is 2. The highest BCUT2D eigenvalue weighted by molar-refractivity contribution is 7.07. The summed E-state index contributed by atoms with van der Waals surface area (Å²) in [4.78, 5) is 30.0. The third-order valence-electron chi connectivity index (χ3n) is 4.61. The summed E-state index contributed by atoms with van der Waals surface area (Å²) < 4.78 is 27.0. The molecule has 1 aliphatic heterocycles. The molecule has 2 heterocycles. The van der Waals surface area contributed by atoms with Gasteiger partial charge in [-0.15, -0.1) is 11.3 Å². The Labute approximate surface area is 174 Å². The van der Waals surface area contributed by atoms with Gasteiger partial charge in [-0.2, -0.15) is 0 Å². The molecular formula is C21H15F2N3O3S. The summed E-state index contributed by atoms with van der Waals surface area (Å²) in [6.07, 6.45) is 1.54. The van der Waals surface area contributed by atoms with Crippen LogP contribution in [0.25, 0.3) is 11.3 Å². The van der Waals surface area contributed by atoms with Gasteiger partial charge in [0.15, 0.2) is 17.4 Å². The lowest BCUT2D eigenvalue weighted by atomic mass is 10.1. The zero-order valence-corrected chi connectivity index (χ0v) is 16.2. The minimum Gasteiger partial charge on any atom is -0.503 e. The minimum atomic E-state index is -1.17. The van der Waals surface area contributed by atoms with Gasteiger partial charge in [-0.3, -0.25) is 14.5 Å². The predicted octanol–water partition coefficient (Wildman–Crippen LogP) is 3.70. The lowest BCUT2D eigenvalue weighted by Crippen LogP contribution is -2.33. The molecule has 3 aromatic rings. The Morgan fingerprint density at radius 3 is 2.43 bits per heavy atom. The van der Waals surface area contributed by atoms with Gasteiger partial charge in [-0.1, -0.05) is 24.3 Å². The zero-order valence-electron chi connectivity index (χ0n) is 15.4. The van der Waals surface area contributed by atoms with Crippen molar-refractivity contribution in [2.24, 2.45) is 0 Å². The maximum atomic E-state index is 13.5. The van der Waals surface area contributed by atoms with Gasteiger partial charge in [-0.25, -0.2) is 13.8 Å². The van der Waals surface area contributed by atoms with Gasteiger partial charge in [-0.05, 0) is 12.0 Å². The van der Waals surface area contributed by atoms with Crippen molar-refractivity contribution in [3.8, 4) is 17.0 Å². The van der Waals surface area contributed by atoms with Crippen LogP contribution < -0.4 is 5.32 Å². The largest absolute Gasteiger partial charge is 0.503 e. The Bertz CT molecular complexity index is 1120. The standard InChI is InChI=1S/C21H15F2N3O3S/c22-15-7-14(8-16(23)20(15)28)25-17-9-19(27)26(21(17)29)6-5-12-1-3-13(4-2-12)18-10-30-11-24-18/h1-4,7-11,25,28H,5-6H2. The van der Waals surface area contributed by atoms with Crippen molar-refractivity contribution in [1.29, 1.82) is 0 Å². The van der Waals surface area contributed by atoms with Crippen molar-refractivity contribution < 1.29 is 23.5 Å². The second-order valence-electron chi connectivity index (χ2n) is 6.59. The van der Waals surface area contributed by atoms with Crippen LogP contribution in [0.4, 0.5) is 14.5 Å². The maximum Gasteiger partial charge on any atom is 0.277 e. The van der Waals surface area contributed by atoms with Gasteiger partial charge in [0.05, 0.1) is 11.2 Å². The molecule has 0 bridgehead atoms. The van der Waals surface area contributed by atoms with Crippen molar-refractivity contribution >= 4 is 28.8 Å². The number of aromatic nitrogens is 1. The number of nitrogens with zero attached hydrogens (tertiary/aromatic N) is 2. The van der Waals surface area contributed by atoms with Crippen molar-refractivity contribution in [3.63, 3.8) is 0 Å². The summed E-state index contributed by atoms with van der Waals surface area (Å²) >= 11 is 1.51. The quantitative estimate of drug-likeness (QED) is 0.463. The van der Waals surface area contributed by atoms with E-state index >= 15 is 0 Å². The van der Waals surface area contributed by atoms with E-state index in [9.17, 15) is 18.4 Å². The number of halogens is 2. The highest BCUT2D eigenvalue weighted by Gasteiger charge is 2.31. The van der Waals surface area contributed by atoms with E-state index in [-0.39, 0.29) is 17.9 Å². The van der Waals surface area contributed by atoms with E-state index in [2.05, 4.69) is 10.3 Å². The lowest BCUT2D eigenvalue weighted by Gasteiger charge is -2.15. The molecule has 1 aromatic heterocycles. The average molecular weight is 427 g/mol. The van der Waals surface area contributed by atoms with E-state index in [0.29, 0.717) is 6.42 Å². The predicted molar refractivity (Wildman–Crippen MR) is 108 cm³/mol. The van der Waals surface area contributed by atoms with Crippen molar-refractivity contribution in [2.45, 2.75) is 6.42 Å². The number of aromatic hydroxyl groups is 1. The zero-order chi connectivity index (χ0) is 21.3. The molecule has 6 nitrogen and oxygen atoms in total. The molecule has 152 valence electrons. The third kappa shape index (κ3) is 3.92. The van der Waals surface area contributed by atoms with Gasteiger partial charge in [0.2, 0.25) is 0 Å². The van der Waals surface area contributed by atoms with Crippen LogP contribution >= 0.6 is 11.3 Å². The Morgan fingerprint density at radius 2 is 1.80 bits per heavy atom. The van der Waals surface area contributed by atoms with Crippen LogP contribution in [0, 0.1) is 11.6 Å². The molecule has 0 atom stereocenters. The van der Waals surface area contributed by atoms with Gasteiger partial charge in [0.1, 0.15) is 5.70 Å². The van der Waals surface area contributed by atoms with E-state index in [4.69, 9.17) is 5.11 Å². The molecule has 0 spiro atoms. The number of rotatable bonds is 6. The number of thiazole rings is 1. The smallest absolute Gasteiger partial charge is 0.277 e. The number of carbonyl (C=O) groups is 2. The maximum absolute atomic E-state index is 13.5. The Hall–Kier alpha value is -3.59. The van der Waals surface area contributed by atoms with Gasteiger partial charge in [0.25, 0.3) is 11.8 Å². The van der Waals surface area contributed by atoms with Crippen LogP contribution in [0.2, 0.25) is 0 Å². The van der Waals surface area contributed by atoms with E-state index in [0.717, 1.165) is 39.9 Å². The van der Waals surface area contributed by atoms with Crippen LogP contribution in [0.1, 0.15) is 5.56 Å². The number of anilines is 1. The Morgan fingerprint density at radius 1 is 1.10 bits per heavy atom. The van der Waals surface area contributed by atoms with E-state index in [1.165, 1.54) is 11.3 Å². The molecule has 9 heteroatoms. The Balaban J connectivity index is 1.39. The van der Waals surface area contributed by atoms with Gasteiger partial charge >= 0.3 is 0 Å². The SMILES string of the molecule is O=C1C=C(Nc2cc(F)c(O)c(F)c2)C(=O)N1CCc1ccc(-c2cscn2)cc1. The minimum absolute atomic E-state index is 0.0883. The summed E-state index contributed by atoms with van der Waals surface area (Å²) in [5.74, 6) is -4.55. The summed E-state index contributed by atoms with van der Waals surface area (Å²) in [7, 11) is 0. The molecular weight excluding hydrogens is 412 g/mol. The monoisotopic (exact) mass is 427 g/mol. The van der Waals surface area contributed by atoms with Crippen molar-refractivity contribution in [3.05, 3.63) is 76.3 Å². The van der Waals surface area contributed by atoms with Gasteiger partial charge < -0.3 is 10.4 Å². The molecule has 2 amide bonds. The number of nitrogens with one attached hydrogen (secondary N) is 1. The summed E-state index contributed by atoms with van der Waals surface area (Å²) in [5.41, 5.74) is 4.39. The Kier molecular flexibility index (Phi) is 5.28. The first-order valence-electron chi connectivity index (χ1n) is 8.92. The molecule has 0 saturated carbocycles. The molecule has 0 aliphatic carbocycles. The number of amides is 2. The number of phenolic OH excluding ortho intramolecular Hbond substituents is 1. The molecule has 30 heavy (non-hydrogen) atoms. The molecule has 4 rings (SSSR count). The second-order valence-corrected chi connectivity index (χ2v) is 7.31. The van der Waals surface area contributed by atoms with Crippen LogP contribution in [0.5, 0.6) is 5.75 Å². The van der Waals surface area contributed by atoms with E-state index in [1.54, 1.807) is 5.51 Å². The number of carbonyl (C=O) groups excluding carboxylic acids is 2. The number of imide groups is 1. The summed E-state index contributed by atoms with van der Waals surface area (Å²) in [6.45, 7) is 0.160. The number of phenols is 1. The van der Waals surface area contributed by atoms with E-state index < -0.39 is 29.2 Å². The van der Waals surface area contributed by atoms with Crippen molar-refractivity contribution in [1.82, 2.24) is 9.88 Å². The fourth-order valence-corrected chi connectivity index (χ4v) is 3.60. The lowest BCUT2D eigenvalue weighted by molar-refractivity contribution is -0.137. The first-order chi connectivity index (χ1) is 14.4. The molecule has 2 N–H and O–H groups in total. The van der Waals surface area contributed by atoms with Crippen LogP contribution in [-0.4, -0.2) is 33.3 Å². The second kappa shape index (κ2) is 8.03. The highest BCUT2D eigenvalue weighted by atomic mass is 32.1.